The zero-order valence-electron chi connectivity index (χ0n) is 15.5. The van der Waals surface area contributed by atoms with Gasteiger partial charge in [0, 0.05) is 25.9 Å². The average molecular weight is 354 g/mol. The van der Waals surface area contributed by atoms with Crippen LogP contribution in [0.2, 0.25) is 0 Å². The number of amides is 2. The van der Waals surface area contributed by atoms with Crippen molar-refractivity contribution in [1.82, 2.24) is 10.2 Å². The molecule has 144 valence electrons. The number of nitrogens with one attached hydrogen (secondary N) is 1. The van der Waals surface area contributed by atoms with E-state index in [1.165, 1.54) is 14.0 Å². The van der Waals surface area contributed by atoms with E-state index >= 15 is 0 Å². The second-order valence-corrected chi connectivity index (χ2v) is 4.79. The minimum Gasteiger partial charge on any atom is -0.468 e. The zero-order valence-corrected chi connectivity index (χ0v) is 15.5. The van der Waals surface area contributed by atoms with Gasteiger partial charge in [-0.1, -0.05) is 34.1 Å². The Hall–Kier alpha value is -1.44. The van der Waals surface area contributed by atoms with Crippen molar-refractivity contribution in [3.8, 4) is 0 Å². The highest BCUT2D eigenvalue weighted by Gasteiger charge is 2.23. The van der Waals surface area contributed by atoms with Gasteiger partial charge in [-0.25, -0.2) is 13.6 Å². The number of methoxy groups -OCH3 is 1. The molecule has 0 saturated carbocycles. The van der Waals surface area contributed by atoms with Crippen molar-refractivity contribution in [3.05, 3.63) is 0 Å². The first-order valence-corrected chi connectivity index (χ1v) is 8.41. The van der Waals surface area contributed by atoms with Crippen molar-refractivity contribution >= 4 is 12.0 Å². The molecule has 0 aromatic carbocycles. The molecule has 0 bridgehead atoms. The van der Waals surface area contributed by atoms with E-state index < -0.39 is 11.9 Å². The third-order valence-electron chi connectivity index (χ3n) is 3.04. The number of nitrogens with zero attached hydrogens (tertiary/aromatic N) is 1. The Morgan fingerprint density at radius 3 is 2.12 bits per heavy atom. The summed E-state index contributed by atoms with van der Waals surface area (Å²) in [6.07, 6.45) is 0.575. The monoisotopic (exact) mass is 354 g/mol. The number of alkyl halides is 2. The first kappa shape index (κ1) is 24.8. The molecule has 1 heterocycles. The largest absolute Gasteiger partial charge is 0.468 e. The molecule has 1 fully saturated rings. The summed E-state index contributed by atoms with van der Waals surface area (Å²) in [5.41, 5.74) is 0. The normalized spacial score (nSPS) is 13.7. The lowest BCUT2D eigenvalue weighted by Crippen LogP contribution is -2.47. The summed E-state index contributed by atoms with van der Waals surface area (Å²) in [6.45, 7) is 9.41. The van der Waals surface area contributed by atoms with Gasteiger partial charge in [0.1, 0.15) is 6.54 Å². The topological polar surface area (TPSA) is 67.9 Å². The van der Waals surface area contributed by atoms with Crippen LogP contribution in [0.4, 0.5) is 13.6 Å². The standard InChI is InChI=1S/C8H14N2O4.C6H12F2.C2H6/c1-13-7(11)6-9-8(12)10-2-4-14-5-3-10;1-3-5-6(7,8)4-2;1-2/h2-6H2,1H3,(H,9,12);3-5H2,1-2H3;1-2H3. The average Bonchev–Trinajstić information content (AvgIpc) is 2.62. The van der Waals surface area contributed by atoms with E-state index in [4.69, 9.17) is 4.74 Å². The van der Waals surface area contributed by atoms with Gasteiger partial charge >= 0.3 is 12.0 Å². The van der Waals surface area contributed by atoms with Crippen molar-refractivity contribution in [2.24, 2.45) is 0 Å². The van der Waals surface area contributed by atoms with E-state index in [0.29, 0.717) is 32.7 Å². The Labute approximate surface area is 143 Å². The van der Waals surface area contributed by atoms with Gasteiger partial charge in [-0.15, -0.1) is 0 Å². The number of urea groups is 1. The number of carbonyl (C=O) groups is 2. The smallest absolute Gasteiger partial charge is 0.325 e. The third kappa shape index (κ3) is 13.0. The molecule has 24 heavy (non-hydrogen) atoms. The molecule has 0 spiro atoms. The maximum atomic E-state index is 12.2. The minimum absolute atomic E-state index is 0.0269. The van der Waals surface area contributed by atoms with Crippen LogP contribution >= 0.6 is 0 Å². The predicted molar refractivity (Wildman–Crippen MR) is 89.3 cm³/mol. The number of hydrogen-bond acceptors (Lipinski definition) is 4. The predicted octanol–water partition coefficient (Wildman–Crippen LogP) is 3.06. The number of ether oxygens (including phenoxy) is 2. The van der Waals surface area contributed by atoms with Crippen LogP contribution in [-0.4, -0.2) is 62.8 Å². The number of morpholine rings is 1. The van der Waals surface area contributed by atoms with Gasteiger partial charge in [0.15, 0.2) is 0 Å². The zero-order chi connectivity index (χ0) is 19.0. The Morgan fingerprint density at radius 2 is 1.75 bits per heavy atom. The lowest BCUT2D eigenvalue weighted by Gasteiger charge is -2.26. The van der Waals surface area contributed by atoms with Gasteiger partial charge in [0.05, 0.1) is 20.3 Å². The lowest BCUT2D eigenvalue weighted by molar-refractivity contribution is -0.139. The fourth-order valence-corrected chi connectivity index (χ4v) is 1.64. The van der Waals surface area contributed by atoms with E-state index in [-0.39, 0.29) is 25.4 Å². The summed E-state index contributed by atoms with van der Waals surface area (Å²) in [6, 6.07) is -0.251. The summed E-state index contributed by atoms with van der Waals surface area (Å²) >= 11 is 0. The summed E-state index contributed by atoms with van der Waals surface area (Å²) in [7, 11) is 1.28. The summed E-state index contributed by atoms with van der Waals surface area (Å²) in [5.74, 6) is -2.86. The van der Waals surface area contributed by atoms with Gasteiger partial charge in [-0.05, 0) is 0 Å². The number of hydrogen-bond donors (Lipinski definition) is 1. The number of halogens is 2. The molecule has 1 aliphatic rings. The van der Waals surface area contributed by atoms with Crippen LogP contribution in [0, 0.1) is 0 Å². The molecular weight excluding hydrogens is 322 g/mol. The molecule has 0 unspecified atom stereocenters. The molecule has 0 radical (unpaired) electrons. The SMILES string of the molecule is CC.CCCC(F)(F)CC.COC(=O)CNC(=O)N1CCOCC1. The lowest BCUT2D eigenvalue weighted by atomic mass is 10.1. The van der Waals surface area contributed by atoms with Gasteiger partial charge in [-0.3, -0.25) is 4.79 Å². The highest BCUT2D eigenvalue weighted by Crippen LogP contribution is 2.23. The number of esters is 1. The van der Waals surface area contributed by atoms with E-state index in [1.54, 1.807) is 11.8 Å². The Balaban J connectivity index is 0. The number of carbonyl (C=O) groups excluding carboxylic acids is 2. The van der Waals surface area contributed by atoms with E-state index in [9.17, 15) is 18.4 Å². The first-order chi connectivity index (χ1) is 11.4. The van der Waals surface area contributed by atoms with Crippen LogP contribution in [0.3, 0.4) is 0 Å². The van der Waals surface area contributed by atoms with Crippen LogP contribution < -0.4 is 5.32 Å². The minimum atomic E-state index is -2.41. The molecular formula is C16H32F2N2O4. The molecule has 1 saturated heterocycles. The second kappa shape index (κ2) is 15.1. The molecule has 6 nitrogen and oxygen atoms in total. The van der Waals surface area contributed by atoms with Crippen LogP contribution in [-0.2, 0) is 14.3 Å². The fourth-order valence-electron chi connectivity index (χ4n) is 1.64. The van der Waals surface area contributed by atoms with Crippen LogP contribution in [0.25, 0.3) is 0 Å². The summed E-state index contributed by atoms with van der Waals surface area (Å²) in [5, 5.41) is 2.46. The van der Waals surface area contributed by atoms with Crippen LogP contribution in [0.15, 0.2) is 0 Å². The maximum Gasteiger partial charge on any atom is 0.325 e. The van der Waals surface area contributed by atoms with Crippen LogP contribution in [0.1, 0.15) is 47.0 Å². The highest BCUT2D eigenvalue weighted by atomic mass is 19.3. The third-order valence-corrected chi connectivity index (χ3v) is 3.04. The maximum absolute atomic E-state index is 12.2. The molecule has 0 aliphatic carbocycles. The van der Waals surface area contributed by atoms with Gasteiger partial charge in [0.25, 0.3) is 0 Å². The molecule has 0 atom stereocenters. The molecule has 1 rings (SSSR count). The number of rotatable bonds is 5. The van der Waals surface area contributed by atoms with Crippen molar-refractivity contribution in [2.45, 2.75) is 52.9 Å². The molecule has 8 heteroatoms. The highest BCUT2D eigenvalue weighted by molar-refractivity contribution is 5.80. The van der Waals surface area contributed by atoms with E-state index in [1.807, 2.05) is 13.8 Å². The summed E-state index contributed by atoms with van der Waals surface area (Å²) in [4.78, 5) is 23.7. The van der Waals surface area contributed by atoms with E-state index in [0.717, 1.165) is 0 Å². The fraction of sp³-hybridized carbons (Fsp3) is 0.875. The Morgan fingerprint density at radius 1 is 1.21 bits per heavy atom. The molecule has 0 aromatic heterocycles. The van der Waals surface area contributed by atoms with Gasteiger partial charge in [0.2, 0.25) is 5.92 Å². The van der Waals surface area contributed by atoms with Gasteiger partial charge in [-0.2, -0.15) is 0 Å². The molecule has 2 amide bonds. The van der Waals surface area contributed by atoms with Crippen molar-refractivity contribution in [2.75, 3.05) is 40.0 Å². The molecule has 0 aromatic rings. The Bertz CT molecular complexity index is 336. The Kier molecular flexibility index (Phi) is 15.6. The van der Waals surface area contributed by atoms with Crippen molar-refractivity contribution < 1.29 is 27.8 Å². The van der Waals surface area contributed by atoms with Gasteiger partial charge < -0.3 is 19.7 Å². The summed E-state index contributed by atoms with van der Waals surface area (Å²) < 4.78 is 33.8. The van der Waals surface area contributed by atoms with Crippen LogP contribution in [0.5, 0.6) is 0 Å². The van der Waals surface area contributed by atoms with E-state index in [2.05, 4.69) is 10.1 Å². The quantitative estimate of drug-likeness (QED) is 0.771. The molecule has 1 aliphatic heterocycles. The molecule has 1 N–H and O–H groups in total. The van der Waals surface area contributed by atoms with Crippen molar-refractivity contribution in [3.63, 3.8) is 0 Å². The second-order valence-electron chi connectivity index (χ2n) is 4.79. The van der Waals surface area contributed by atoms with Crippen molar-refractivity contribution in [1.29, 1.82) is 0 Å². The first-order valence-electron chi connectivity index (χ1n) is 8.41.